The van der Waals surface area contributed by atoms with E-state index in [-0.39, 0.29) is 5.41 Å². The summed E-state index contributed by atoms with van der Waals surface area (Å²) in [4.78, 5) is 2.33. The zero-order chi connectivity index (χ0) is 13.2. The summed E-state index contributed by atoms with van der Waals surface area (Å²) in [6.07, 6.45) is 3.06. The van der Waals surface area contributed by atoms with Crippen LogP contribution in [-0.2, 0) is 0 Å². The van der Waals surface area contributed by atoms with Gasteiger partial charge in [-0.25, -0.2) is 0 Å². The van der Waals surface area contributed by atoms with E-state index in [1.54, 1.807) is 0 Å². The minimum Gasteiger partial charge on any atom is -0.299 e. The van der Waals surface area contributed by atoms with Gasteiger partial charge in [0.25, 0.3) is 0 Å². The van der Waals surface area contributed by atoms with Crippen molar-refractivity contribution in [3.05, 3.63) is 34.9 Å². The van der Waals surface area contributed by atoms with Crippen molar-refractivity contribution in [3.8, 4) is 6.07 Å². The molecule has 1 aromatic carbocycles. The van der Waals surface area contributed by atoms with Gasteiger partial charge in [-0.1, -0.05) is 23.7 Å². The predicted octanol–water partition coefficient (Wildman–Crippen LogP) is 4.03. The summed E-state index contributed by atoms with van der Waals surface area (Å²) in [5, 5.41) is 9.64. The highest BCUT2D eigenvalue weighted by Crippen LogP contribution is 2.49. The molecule has 1 fully saturated rings. The Labute approximate surface area is 114 Å². The van der Waals surface area contributed by atoms with Crippen LogP contribution in [0.4, 0.5) is 0 Å². The van der Waals surface area contributed by atoms with Gasteiger partial charge in [0.15, 0.2) is 0 Å². The number of hydrogen-bond donors (Lipinski definition) is 0. The number of benzene rings is 1. The highest BCUT2D eigenvalue weighted by molar-refractivity contribution is 6.30. The third-order valence-corrected chi connectivity index (χ3v) is 4.22. The van der Waals surface area contributed by atoms with E-state index in [0.29, 0.717) is 12.5 Å². The maximum atomic E-state index is 8.86. The van der Waals surface area contributed by atoms with Crippen LogP contribution in [0, 0.1) is 16.7 Å². The molecule has 2 rings (SSSR count). The van der Waals surface area contributed by atoms with Crippen LogP contribution in [0.25, 0.3) is 0 Å². The van der Waals surface area contributed by atoms with Crippen molar-refractivity contribution in [1.82, 2.24) is 4.90 Å². The van der Waals surface area contributed by atoms with E-state index in [1.165, 1.54) is 18.4 Å². The van der Waals surface area contributed by atoms with Gasteiger partial charge in [-0.15, -0.1) is 0 Å². The molecule has 1 aliphatic rings. The zero-order valence-electron chi connectivity index (χ0n) is 11.0. The molecule has 2 nitrogen and oxygen atoms in total. The second-order valence-electron chi connectivity index (χ2n) is 5.48. The Bertz CT molecular complexity index is 460. The average Bonchev–Trinajstić information content (AvgIpc) is 3.08. The summed E-state index contributed by atoms with van der Waals surface area (Å²) in [6.45, 7) is 3.18. The van der Waals surface area contributed by atoms with Gasteiger partial charge in [0.05, 0.1) is 6.07 Å². The van der Waals surface area contributed by atoms with E-state index in [2.05, 4.69) is 31.0 Å². The molecule has 96 valence electrons. The maximum absolute atomic E-state index is 8.86. The number of rotatable bonds is 5. The van der Waals surface area contributed by atoms with Gasteiger partial charge in [0.2, 0.25) is 0 Å². The van der Waals surface area contributed by atoms with E-state index in [9.17, 15) is 0 Å². The predicted molar refractivity (Wildman–Crippen MR) is 74.4 cm³/mol. The molecule has 1 aliphatic carbocycles. The molecule has 0 amide bonds. The summed E-state index contributed by atoms with van der Waals surface area (Å²) in [5.41, 5.74) is 1.49. The molecule has 0 heterocycles. The summed E-state index contributed by atoms with van der Waals surface area (Å²) >= 11 is 6.03. The van der Waals surface area contributed by atoms with Gasteiger partial charge < -0.3 is 0 Å². The fourth-order valence-electron chi connectivity index (χ4n) is 2.42. The topological polar surface area (TPSA) is 27.0 Å². The van der Waals surface area contributed by atoms with E-state index in [0.717, 1.165) is 11.6 Å². The summed E-state index contributed by atoms with van der Waals surface area (Å²) in [5.74, 6) is 0. The highest BCUT2D eigenvalue weighted by Gasteiger charge is 2.43. The van der Waals surface area contributed by atoms with Crippen LogP contribution >= 0.6 is 11.6 Å². The Morgan fingerprint density at radius 3 is 2.78 bits per heavy atom. The Balaban J connectivity index is 2.01. The molecular weight excluding hydrogens is 244 g/mol. The van der Waals surface area contributed by atoms with Crippen molar-refractivity contribution in [2.45, 2.75) is 32.2 Å². The lowest BCUT2D eigenvalue weighted by molar-refractivity contribution is 0.210. The van der Waals surface area contributed by atoms with E-state index < -0.39 is 0 Å². The van der Waals surface area contributed by atoms with Crippen LogP contribution in [0.5, 0.6) is 0 Å². The highest BCUT2D eigenvalue weighted by atomic mass is 35.5. The monoisotopic (exact) mass is 262 g/mol. The smallest absolute Gasteiger partial charge is 0.0628 e. The van der Waals surface area contributed by atoms with Crippen molar-refractivity contribution >= 4 is 11.6 Å². The molecule has 0 saturated heterocycles. The second kappa shape index (κ2) is 5.30. The lowest BCUT2D eigenvalue weighted by atomic mass is 10.0. The van der Waals surface area contributed by atoms with E-state index in [4.69, 9.17) is 16.9 Å². The number of nitrogens with zero attached hydrogens (tertiary/aromatic N) is 2. The van der Waals surface area contributed by atoms with Gasteiger partial charge in [-0.2, -0.15) is 5.26 Å². The Morgan fingerprint density at radius 1 is 1.50 bits per heavy atom. The molecule has 1 unspecified atom stereocenters. The first kappa shape index (κ1) is 13.4. The van der Waals surface area contributed by atoms with Gasteiger partial charge in [0.1, 0.15) is 0 Å². The average molecular weight is 263 g/mol. The Kier molecular flexibility index (Phi) is 3.94. The Hall–Kier alpha value is -1.04. The van der Waals surface area contributed by atoms with Gasteiger partial charge in [-0.05, 0) is 49.9 Å². The first-order valence-corrected chi connectivity index (χ1v) is 6.77. The van der Waals surface area contributed by atoms with Gasteiger partial charge in [0, 0.05) is 24.0 Å². The fraction of sp³-hybridized carbons (Fsp3) is 0.533. The van der Waals surface area contributed by atoms with Gasteiger partial charge >= 0.3 is 0 Å². The van der Waals surface area contributed by atoms with Crippen molar-refractivity contribution < 1.29 is 0 Å². The lowest BCUT2D eigenvalue weighted by Crippen LogP contribution is -2.29. The number of halogens is 1. The molecule has 0 aliphatic heterocycles. The van der Waals surface area contributed by atoms with Crippen LogP contribution in [0.15, 0.2) is 24.3 Å². The van der Waals surface area contributed by atoms with Crippen LogP contribution in [0.2, 0.25) is 5.02 Å². The molecule has 3 heteroatoms. The third kappa shape index (κ3) is 3.04. The fourth-order valence-corrected chi connectivity index (χ4v) is 2.62. The SMILES string of the molecule is CC(c1cccc(Cl)c1)N(C)CC1(CC#N)CC1. The lowest BCUT2D eigenvalue weighted by Gasteiger charge is -2.28. The Morgan fingerprint density at radius 2 is 2.22 bits per heavy atom. The number of nitriles is 1. The summed E-state index contributed by atoms with van der Waals surface area (Å²) in [6, 6.07) is 10.7. The zero-order valence-corrected chi connectivity index (χ0v) is 11.7. The molecule has 0 bridgehead atoms. The molecule has 1 aromatic rings. The minimum absolute atomic E-state index is 0.260. The summed E-state index contributed by atoms with van der Waals surface area (Å²) < 4.78 is 0. The minimum atomic E-state index is 0.260. The molecule has 18 heavy (non-hydrogen) atoms. The van der Waals surface area contributed by atoms with E-state index in [1.807, 2.05) is 18.2 Å². The van der Waals surface area contributed by atoms with Crippen molar-refractivity contribution in [1.29, 1.82) is 5.26 Å². The van der Waals surface area contributed by atoms with E-state index >= 15 is 0 Å². The van der Waals surface area contributed by atoms with Crippen LogP contribution in [0.1, 0.15) is 37.8 Å². The molecule has 0 spiro atoms. The van der Waals surface area contributed by atoms with Crippen LogP contribution in [0.3, 0.4) is 0 Å². The van der Waals surface area contributed by atoms with Crippen molar-refractivity contribution in [2.24, 2.45) is 5.41 Å². The summed E-state index contributed by atoms with van der Waals surface area (Å²) in [7, 11) is 2.13. The second-order valence-corrected chi connectivity index (χ2v) is 5.92. The largest absolute Gasteiger partial charge is 0.299 e. The number of hydrogen-bond acceptors (Lipinski definition) is 2. The van der Waals surface area contributed by atoms with Gasteiger partial charge in [-0.3, -0.25) is 4.90 Å². The first-order chi connectivity index (χ1) is 8.56. The molecule has 0 aromatic heterocycles. The molecule has 0 N–H and O–H groups in total. The molecule has 0 radical (unpaired) electrons. The third-order valence-electron chi connectivity index (χ3n) is 3.99. The maximum Gasteiger partial charge on any atom is 0.0628 e. The van der Waals surface area contributed by atoms with Crippen LogP contribution < -0.4 is 0 Å². The van der Waals surface area contributed by atoms with Crippen molar-refractivity contribution in [3.63, 3.8) is 0 Å². The van der Waals surface area contributed by atoms with Crippen molar-refractivity contribution in [2.75, 3.05) is 13.6 Å². The normalized spacial score (nSPS) is 18.4. The first-order valence-electron chi connectivity index (χ1n) is 6.39. The van der Waals surface area contributed by atoms with Crippen LogP contribution in [-0.4, -0.2) is 18.5 Å². The molecular formula is C15H19ClN2. The molecule has 1 atom stereocenters. The standard InChI is InChI=1S/C15H19ClN2/c1-12(13-4-3-5-14(16)10-13)18(2)11-15(6-7-15)8-9-17/h3-5,10,12H,6-8,11H2,1-2H3. The molecule has 1 saturated carbocycles. The quantitative estimate of drug-likeness (QED) is 0.801.